The van der Waals surface area contributed by atoms with Crippen LogP contribution in [0.3, 0.4) is 0 Å². The number of rotatable bonds is 4. The van der Waals surface area contributed by atoms with Gasteiger partial charge in [-0.25, -0.2) is 4.39 Å². The lowest BCUT2D eigenvalue weighted by atomic mass is 10.1. The summed E-state index contributed by atoms with van der Waals surface area (Å²) in [5, 5.41) is 0. The van der Waals surface area contributed by atoms with Gasteiger partial charge in [-0.3, -0.25) is 4.79 Å². The minimum Gasteiger partial charge on any atom is -0.374 e. The molecule has 0 fully saturated rings. The van der Waals surface area contributed by atoms with Gasteiger partial charge in [-0.2, -0.15) is 0 Å². The SMILES string of the molecule is COC(C)C(=O)Cc1cc(F)cc(Br)c1. The summed E-state index contributed by atoms with van der Waals surface area (Å²) in [6.07, 6.45) is -0.266. The van der Waals surface area contributed by atoms with E-state index in [2.05, 4.69) is 15.9 Å². The van der Waals surface area contributed by atoms with Gasteiger partial charge >= 0.3 is 0 Å². The van der Waals surface area contributed by atoms with Crippen LogP contribution in [-0.2, 0) is 16.0 Å². The fraction of sp³-hybridized carbons (Fsp3) is 0.364. The number of hydrogen-bond donors (Lipinski definition) is 0. The predicted molar refractivity (Wildman–Crippen MR) is 59.3 cm³/mol. The van der Waals surface area contributed by atoms with Gasteiger partial charge in [-0.1, -0.05) is 15.9 Å². The summed E-state index contributed by atoms with van der Waals surface area (Å²) in [6, 6.07) is 4.43. The zero-order valence-corrected chi connectivity index (χ0v) is 10.2. The molecule has 0 heterocycles. The molecule has 2 nitrogen and oxygen atoms in total. The molecule has 0 saturated heterocycles. The van der Waals surface area contributed by atoms with E-state index in [1.807, 2.05) is 0 Å². The molecule has 1 atom stereocenters. The fourth-order valence-corrected chi connectivity index (χ4v) is 1.70. The summed E-state index contributed by atoms with van der Waals surface area (Å²) in [6.45, 7) is 1.68. The van der Waals surface area contributed by atoms with Gasteiger partial charge in [0.25, 0.3) is 0 Å². The third-order valence-electron chi connectivity index (χ3n) is 2.11. The van der Waals surface area contributed by atoms with Crippen LogP contribution in [0.2, 0.25) is 0 Å². The molecule has 1 aromatic carbocycles. The molecule has 0 amide bonds. The van der Waals surface area contributed by atoms with E-state index in [4.69, 9.17) is 4.74 Å². The van der Waals surface area contributed by atoms with Crippen molar-refractivity contribution in [3.63, 3.8) is 0 Å². The number of carbonyl (C=O) groups is 1. The van der Waals surface area contributed by atoms with E-state index >= 15 is 0 Å². The van der Waals surface area contributed by atoms with Crippen LogP contribution in [0.15, 0.2) is 22.7 Å². The lowest BCUT2D eigenvalue weighted by Gasteiger charge is -2.08. The maximum absolute atomic E-state index is 13.0. The third-order valence-corrected chi connectivity index (χ3v) is 2.57. The first-order valence-electron chi connectivity index (χ1n) is 4.53. The first-order chi connectivity index (χ1) is 7.02. The zero-order valence-electron chi connectivity index (χ0n) is 8.59. The van der Waals surface area contributed by atoms with Gasteiger partial charge in [0.15, 0.2) is 5.78 Å². The Morgan fingerprint density at radius 3 is 2.73 bits per heavy atom. The van der Waals surface area contributed by atoms with E-state index in [0.29, 0.717) is 10.0 Å². The van der Waals surface area contributed by atoms with Crippen molar-refractivity contribution in [2.45, 2.75) is 19.4 Å². The van der Waals surface area contributed by atoms with E-state index in [1.54, 1.807) is 13.0 Å². The Balaban J connectivity index is 2.76. The monoisotopic (exact) mass is 274 g/mol. The summed E-state index contributed by atoms with van der Waals surface area (Å²) in [4.78, 5) is 11.5. The number of ether oxygens (including phenoxy) is 1. The molecule has 0 bridgehead atoms. The minimum absolute atomic E-state index is 0.0602. The van der Waals surface area contributed by atoms with Crippen LogP contribution in [0.1, 0.15) is 12.5 Å². The van der Waals surface area contributed by atoms with Gasteiger partial charge < -0.3 is 4.74 Å². The van der Waals surface area contributed by atoms with Crippen LogP contribution in [-0.4, -0.2) is 19.0 Å². The van der Waals surface area contributed by atoms with Gasteiger partial charge in [0.05, 0.1) is 0 Å². The van der Waals surface area contributed by atoms with Crippen LogP contribution < -0.4 is 0 Å². The van der Waals surface area contributed by atoms with Crippen molar-refractivity contribution in [3.05, 3.63) is 34.1 Å². The lowest BCUT2D eigenvalue weighted by molar-refractivity contribution is -0.127. The maximum atomic E-state index is 13.0. The first-order valence-corrected chi connectivity index (χ1v) is 5.32. The highest BCUT2D eigenvalue weighted by Gasteiger charge is 2.12. The van der Waals surface area contributed by atoms with Crippen molar-refractivity contribution in [1.82, 2.24) is 0 Å². The van der Waals surface area contributed by atoms with Crippen molar-refractivity contribution >= 4 is 21.7 Å². The highest BCUT2D eigenvalue weighted by molar-refractivity contribution is 9.10. The average Bonchev–Trinajstić information content (AvgIpc) is 2.14. The molecule has 0 spiro atoms. The van der Waals surface area contributed by atoms with Crippen molar-refractivity contribution in [2.75, 3.05) is 7.11 Å². The van der Waals surface area contributed by atoms with E-state index in [-0.39, 0.29) is 18.0 Å². The van der Waals surface area contributed by atoms with Crippen LogP contribution in [0, 0.1) is 5.82 Å². The molecule has 4 heteroatoms. The minimum atomic E-state index is -0.452. The molecule has 0 aromatic heterocycles. The number of Topliss-reactive ketones (excluding diaryl/α,β-unsaturated/α-hetero) is 1. The number of benzene rings is 1. The summed E-state index contributed by atoms with van der Waals surface area (Å²) >= 11 is 3.17. The van der Waals surface area contributed by atoms with Crippen LogP contribution in [0.25, 0.3) is 0 Å². The van der Waals surface area contributed by atoms with E-state index < -0.39 is 6.10 Å². The van der Waals surface area contributed by atoms with E-state index in [9.17, 15) is 9.18 Å². The molecule has 1 rings (SSSR count). The Labute approximate surface area is 96.6 Å². The van der Waals surface area contributed by atoms with Gasteiger partial charge in [-0.15, -0.1) is 0 Å². The molecule has 15 heavy (non-hydrogen) atoms. The highest BCUT2D eigenvalue weighted by Crippen LogP contribution is 2.16. The Hall–Kier alpha value is -0.740. The Kier molecular flexibility index (Phi) is 4.42. The molecule has 1 aromatic rings. The molecule has 0 N–H and O–H groups in total. The Morgan fingerprint density at radius 2 is 2.20 bits per heavy atom. The summed E-state index contributed by atoms with van der Waals surface area (Å²) < 4.78 is 18.5. The Bertz CT molecular complexity index is 345. The third kappa shape index (κ3) is 3.72. The first kappa shape index (κ1) is 12.3. The van der Waals surface area contributed by atoms with E-state index in [1.165, 1.54) is 19.2 Å². The predicted octanol–water partition coefficient (Wildman–Crippen LogP) is 2.73. The number of hydrogen-bond acceptors (Lipinski definition) is 2. The lowest BCUT2D eigenvalue weighted by Crippen LogP contribution is -2.21. The van der Waals surface area contributed by atoms with Gasteiger partial charge in [0.1, 0.15) is 11.9 Å². The highest BCUT2D eigenvalue weighted by atomic mass is 79.9. The zero-order chi connectivity index (χ0) is 11.4. The fourth-order valence-electron chi connectivity index (χ4n) is 1.19. The molecule has 0 saturated carbocycles. The van der Waals surface area contributed by atoms with Crippen molar-refractivity contribution in [3.8, 4) is 0 Å². The van der Waals surface area contributed by atoms with Gasteiger partial charge in [0.2, 0.25) is 0 Å². The van der Waals surface area contributed by atoms with Crippen molar-refractivity contribution in [1.29, 1.82) is 0 Å². The molecule has 0 aliphatic rings. The van der Waals surface area contributed by atoms with Crippen LogP contribution in [0.4, 0.5) is 4.39 Å². The molecule has 0 aliphatic carbocycles. The van der Waals surface area contributed by atoms with Crippen LogP contribution >= 0.6 is 15.9 Å². The summed E-state index contributed by atoms with van der Waals surface area (Å²) in [5.74, 6) is -0.410. The molecule has 0 radical (unpaired) electrons. The quantitative estimate of drug-likeness (QED) is 0.844. The standard InChI is InChI=1S/C11H12BrFO2/c1-7(15-2)11(14)5-8-3-9(12)6-10(13)4-8/h3-4,6-7H,5H2,1-2H3. The maximum Gasteiger partial charge on any atom is 0.165 e. The number of ketones is 1. The second-order valence-electron chi connectivity index (χ2n) is 3.30. The normalized spacial score (nSPS) is 12.5. The Morgan fingerprint density at radius 1 is 1.53 bits per heavy atom. The topological polar surface area (TPSA) is 26.3 Å². The largest absolute Gasteiger partial charge is 0.374 e. The number of carbonyl (C=O) groups excluding carboxylic acids is 1. The van der Waals surface area contributed by atoms with Gasteiger partial charge in [-0.05, 0) is 30.7 Å². The van der Waals surface area contributed by atoms with Crippen LogP contribution in [0.5, 0.6) is 0 Å². The second-order valence-corrected chi connectivity index (χ2v) is 4.21. The molecule has 82 valence electrons. The smallest absolute Gasteiger partial charge is 0.165 e. The molecule has 1 unspecified atom stereocenters. The molecular weight excluding hydrogens is 263 g/mol. The van der Waals surface area contributed by atoms with E-state index in [0.717, 1.165) is 0 Å². The van der Waals surface area contributed by atoms with Crippen molar-refractivity contribution < 1.29 is 13.9 Å². The molecule has 0 aliphatic heterocycles. The van der Waals surface area contributed by atoms with Gasteiger partial charge in [0, 0.05) is 18.0 Å². The molecular formula is C11H12BrFO2. The van der Waals surface area contributed by atoms with Crippen molar-refractivity contribution in [2.24, 2.45) is 0 Å². The second kappa shape index (κ2) is 5.37. The number of halogens is 2. The summed E-state index contributed by atoms with van der Waals surface area (Å²) in [7, 11) is 1.48. The summed E-state index contributed by atoms with van der Waals surface area (Å²) in [5.41, 5.74) is 0.649. The number of methoxy groups -OCH3 is 1. The average molecular weight is 275 g/mol.